The number of carbonyl (C=O) groups is 1. The van der Waals surface area contributed by atoms with Crippen molar-refractivity contribution >= 4 is 24.8 Å². The molecule has 102 valence electrons. The molecule has 0 spiro atoms. The molecule has 19 heavy (non-hydrogen) atoms. The van der Waals surface area contributed by atoms with Gasteiger partial charge in [-0.1, -0.05) is 26.0 Å². The topological polar surface area (TPSA) is 47.2 Å². The molecule has 1 aromatic heterocycles. The summed E-state index contributed by atoms with van der Waals surface area (Å²) in [5, 5.41) is 1.76. The summed E-state index contributed by atoms with van der Waals surface area (Å²) in [6.45, 7) is 9.73. The van der Waals surface area contributed by atoms with Crippen LogP contribution in [0.15, 0.2) is 17.1 Å². The van der Waals surface area contributed by atoms with Gasteiger partial charge in [0.05, 0.1) is 18.0 Å². The highest BCUT2D eigenvalue weighted by molar-refractivity contribution is 5.58. The Labute approximate surface area is 113 Å². The molecule has 0 unspecified atom stereocenters. The Morgan fingerprint density at radius 3 is 2.68 bits per heavy atom. The molecule has 0 aliphatic heterocycles. The minimum absolute atomic E-state index is 0.301. The van der Waals surface area contributed by atoms with Gasteiger partial charge in [0.15, 0.2) is 0 Å². The molecule has 0 N–H and O–H groups in total. The van der Waals surface area contributed by atoms with Crippen LogP contribution < -0.4 is 10.7 Å². The van der Waals surface area contributed by atoms with E-state index in [2.05, 4.69) is 36.6 Å². The van der Waals surface area contributed by atoms with Gasteiger partial charge in [0.25, 0.3) is 0 Å². The van der Waals surface area contributed by atoms with Crippen molar-refractivity contribution in [3.63, 3.8) is 0 Å². The number of hydrogen-bond acceptors (Lipinski definition) is 3. The maximum atomic E-state index is 10.7. The Hall–Kier alpha value is -1.97. The molecule has 0 bridgehead atoms. The van der Waals surface area contributed by atoms with E-state index in [1.54, 1.807) is 6.20 Å². The average molecular weight is 259 g/mol. The molecule has 1 aromatic rings. The minimum Gasteiger partial charge on any atom is -0.330 e. The molecule has 0 radical (unpaired) electrons. The normalized spacial score (nSPS) is 14.3. The van der Waals surface area contributed by atoms with Gasteiger partial charge < -0.3 is 9.36 Å². The van der Waals surface area contributed by atoms with Crippen molar-refractivity contribution in [1.29, 1.82) is 0 Å². The van der Waals surface area contributed by atoms with E-state index < -0.39 is 0 Å². The molecule has 0 saturated carbocycles. The van der Waals surface area contributed by atoms with E-state index in [-0.39, 0.29) is 0 Å². The molecule has 0 aromatic carbocycles. The van der Waals surface area contributed by atoms with Gasteiger partial charge in [-0.3, -0.25) is 4.99 Å². The van der Waals surface area contributed by atoms with Crippen molar-refractivity contribution in [1.82, 2.24) is 9.55 Å². The summed E-state index contributed by atoms with van der Waals surface area (Å²) in [5.74, 6) is 1.09. The summed E-state index contributed by atoms with van der Waals surface area (Å²) in [5.41, 5.74) is 1.17. The fourth-order valence-electron chi connectivity index (χ4n) is 2.07. The van der Waals surface area contributed by atoms with Gasteiger partial charge in [-0.25, -0.2) is 4.98 Å². The monoisotopic (exact) mass is 259 g/mol. The van der Waals surface area contributed by atoms with E-state index in [0.717, 1.165) is 22.8 Å². The number of allylic oxidation sites excluding steroid dienone is 2. The first-order valence-corrected chi connectivity index (χ1v) is 6.34. The summed E-state index contributed by atoms with van der Waals surface area (Å²) in [6, 6.07) is 0. The molecule has 4 nitrogen and oxygen atoms in total. The van der Waals surface area contributed by atoms with Crippen LogP contribution in [0, 0.1) is 5.92 Å². The number of aromatic nitrogens is 2. The van der Waals surface area contributed by atoms with Crippen molar-refractivity contribution in [2.45, 2.75) is 27.2 Å². The van der Waals surface area contributed by atoms with Crippen molar-refractivity contribution in [3.05, 3.63) is 28.7 Å². The van der Waals surface area contributed by atoms with E-state index in [9.17, 15) is 4.79 Å². The highest BCUT2D eigenvalue weighted by Gasteiger charge is 2.09. The van der Waals surface area contributed by atoms with Gasteiger partial charge in [-0.2, -0.15) is 0 Å². The van der Waals surface area contributed by atoms with Gasteiger partial charge in [0, 0.05) is 7.05 Å². The van der Waals surface area contributed by atoms with Gasteiger partial charge >= 0.3 is 0 Å². The lowest BCUT2D eigenvalue weighted by molar-refractivity contribution is -0.107. The first kappa shape index (κ1) is 15.1. The van der Waals surface area contributed by atoms with E-state index >= 15 is 0 Å². The number of carbonyl (C=O) groups excluding carboxylic acids is 1. The second-order valence-electron chi connectivity index (χ2n) is 4.61. The molecular formula is C15H21N3O. The van der Waals surface area contributed by atoms with Crippen molar-refractivity contribution in [2.24, 2.45) is 18.0 Å². The molecule has 0 atom stereocenters. The predicted molar refractivity (Wildman–Crippen MR) is 79.3 cm³/mol. The number of nitrogens with zero attached hydrogens (tertiary/aromatic N) is 3. The molecular weight excluding hydrogens is 238 g/mol. The standard InChI is InChI=1S/C15H21N3O/c1-6-7-12(11(2)3)15-13(10-16-4)17-14(8-9-19)18(15)5/h6-7,9-11H,4,8H2,1-3,5H3/b7-6-,13-10+,15-12+. The van der Waals surface area contributed by atoms with Crippen LogP contribution >= 0.6 is 0 Å². The molecule has 0 aliphatic rings. The fourth-order valence-corrected chi connectivity index (χ4v) is 2.07. The number of rotatable bonds is 5. The maximum absolute atomic E-state index is 10.7. The average Bonchev–Trinajstić information content (AvgIpc) is 2.64. The van der Waals surface area contributed by atoms with Crippen LogP contribution in [0.25, 0.3) is 11.8 Å². The SMILES string of the molecule is C=N/C=c1/nc(CC=O)n(C)/c1=C(\C=C/C)C(C)C. The van der Waals surface area contributed by atoms with Gasteiger partial charge in [-0.05, 0) is 25.1 Å². The van der Waals surface area contributed by atoms with Gasteiger partial charge in [-0.15, -0.1) is 0 Å². The lowest BCUT2D eigenvalue weighted by Gasteiger charge is -2.07. The van der Waals surface area contributed by atoms with Crippen LogP contribution in [0.5, 0.6) is 0 Å². The second-order valence-corrected chi connectivity index (χ2v) is 4.61. The summed E-state index contributed by atoms with van der Waals surface area (Å²) >= 11 is 0. The minimum atomic E-state index is 0.301. The van der Waals surface area contributed by atoms with Crippen LogP contribution in [0.2, 0.25) is 0 Å². The lowest BCUT2D eigenvalue weighted by Crippen LogP contribution is -2.32. The van der Waals surface area contributed by atoms with E-state index in [4.69, 9.17) is 0 Å². The van der Waals surface area contributed by atoms with Crippen molar-refractivity contribution in [3.8, 4) is 0 Å². The van der Waals surface area contributed by atoms with Crippen LogP contribution in [0.1, 0.15) is 26.6 Å². The number of imidazole rings is 1. The van der Waals surface area contributed by atoms with Gasteiger partial charge in [0.2, 0.25) is 0 Å². The Morgan fingerprint density at radius 2 is 2.21 bits per heavy atom. The Balaban J connectivity index is 3.82. The zero-order valence-electron chi connectivity index (χ0n) is 12.1. The third-order valence-electron chi connectivity index (χ3n) is 2.94. The first-order chi connectivity index (χ1) is 9.06. The maximum Gasteiger partial charge on any atom is 0.127 e. The Bertz CT molecular complexity index is 606. The Kier molecular flexibility index (Phi) is 5.42. The van der Waals surface area contributed by atoms with Crippen molar-refractivity contribution < 1.29 is 4.79 Å². The summed E-state index contributed by atoms with van der Waals surface area (Å²) in [7, 11) is 1.92. The highest BCUT2D eigenvalue weighted by atomic mass is 16.1. The molecule has 0 saturated heterocycles. The van der Waals surface area contributed by atoms with Crippen LogP contribution in [0.4, 0.5) is 0 Å². The first-order valence-electron chi connectivity index (χ1n) is 6.34. The zero-order valence-corrected chi connectivity index (χ0v) is 12.1. The lowest BCUT2D eigenvalue weighted by atomic mass is 10.0. The second kappa shape index (κ2) is 6.83. The van der Waals surface area contributed by atoms with Crippen LogP contribution in [-0.4, -0.2) is 22.6 Å². The van der Waals surface area contributed by atoms with Crippen LogP contribution in [-0.2, 0) is 18.3 Å². The highest BCUT2D eigenvalue weighted by Crippen LogP contribution is 2.10. The largest absolute Gasteiger partial charge is 0.330 e. The number of aliphatic imine (C=N–C) groups is 1. The zero-order chi connectivity index (χ0) is 14.4. The molecule has 4 heteroatoms. The van der Waals surface area contributed by atoms with E-state index in [1.807, 2.05) is 24.6 Å². The number of aldehydes is 1. The Morgan fingerprint density at radius 1 is 1.53 bits per heavy atom. The molecule has 1 rings (SSSR count). The smallest absolute Gasteiger partial charge is 0.127 e. The predicted octanol–water partition coefficient (Wildman–Crippen LogP) is 0.983. The van der Waals surface area contributed by atoms with E-state index in [1.165, 1.54) is 5.57 Å². The fraction of sp³-hybridized carbons (Fsp3) is 0.400. The quantitative estimate of drug-likeness (QED) is 0.584. The third kappa shape index (κ3) is 3.28. The summed E-state index contributed by atoms with van der Waals surface area (Å²) in [6.07, 6.45) is 6.88. The van der Waals surface area contributed by atoms with Crippen LogP contribution in [0.3, 0.4) is 0 Å². The number of hydrogen-bond donors (Lipinski definition) is 0. The molecule has 0 amide bonds. The third-order valence-corrected chi connectivity index (χ3v) is 2.94. The molecule has 0 fully saturated rings. The molecule has 1 heterocycles. The van der Waals surface area contributed by atoms with Crippen molar-refractivity contribution in [2.75, 3.05) is 0 Å². The van der Waals surface area contributed by atoms with Gasteiger partial charge in [0.1, 0.15) is 17.5 Å². The summed E-state index contributed by atoms with van der Waals surface area (Å²) < 4.78 is 1.96. The summed E-state index contributed by atoms with van der Waals surface area (Å²) in [4.78, 5) is 19.0. The van der Waals surface area contributed by atoms with E-state index in [0.29, 0.717) is 12.3 Å². The molecule has 0 aliphatic carbocycles.